The van der Waals surface area contributed by atoms with E-state index in [-0.39, 0.29) is 15.8 Å². The summed E-state index contributed by atoms with van der Waals surface area (Å²) >= 11 is 11.5. The standard InChI is InChI=1S/C10H15Cl2N3O/c1-3-10(13,4-2)6-16-7-5-8(11)14-15-9(7)12/h5H,3-4,6,13H2,1-2H3. The molecule has 0 radical (unpaired) electrons. The van der Waals surface area contributed by atoms with E-state index in [2.05, 4.69) is 10.2 Å². The third-order valence-corrected chi connectivity index (χ3v) is 3.06. The predicted octanol–water partition coefficient (Wildman–Crippen LogP) is 2.68. The van der Waals surface area contributed by atoms with Crippen molar-refractivity contribution in [2.24, 2.45) is 5.73 Å². The number of halogens is 2. The first kappa shape index (κ1) is 13.5. The quantitative estimate of drug-likeness (QED) is 0.888. The van der Waals surface area contributed by atoms with Crippen molar-refractivity contribution >= 4 is 23.2 Å². The molecule has 0 aliphatic heterocycles. The van der Waals surface area contributed by atoms with Crippen molar-refractivity contribution < 1.29 is 4.74 Å². The van der Waals surface area contributed by atoms with Crippen molar-refractivity contribution in [2.75, 3.05) is 6.61 Å². The van der Waals surface area contributed by atoms with Crippen LogP contribution in [0.5, 0.6) is 5.75 Å². The van der Waals surface area contributed by atoms with Crippen LogP contribution in [0, 0.1) is 0 Å². The zero-order valence-corrected chi connectivity index (χ0v) is 10.8. The van der Waals surface area contributed by atoms with Crippen LogP contribution in [0.2, 0.25) is 10.3 Å². The fraction of sp³-hybridized carbons (Fsp3) is 0.600. The van der Waals surface area contributed by atoms with Gasteiger partial charge in [-0.25, -0.2) is 0 Å². The first-order valence-electron chi connectivity index (χ1n) is 5.11. The number of hydrogen-bond donors (Lipinski definition) is 1. The molecule has 0 unspecified atom stereocenters. The zero-order valence-electron chi connectivity index (χ0n) is 9.33. The molecule has 4 nitrogen and oxygen atoms in total. The van der Waals surface area contributed by atoms with Crippen molar-refractivity contribution in [3.05, 3.63) is 16.4 Å². The van der Waals surface area contributed by atoms with Gasteiger partial charge in [-0.2, -0.15) is 0 Å². The maximum absolute atomic E-state index is 6.10. The third-order valence-electron chi connectivity index (χ3n) is 2.61. The Morgan fingerprint density at radius 2 is 1.94 bits per heavy atom. The summed E-state index contributed by atoms with van der Waals surface area (Å²) in [4.78, 5) is 0. The van der Waals surface area contributed by atoms with Crippen LogP contribution in [0.1, 0.15) is 26.7 Å². The number of hydrogen-bond acceptors (Lipinski definition) is 4. The maximum Gasteiger partial charge on any atom is 0.193 e. The average Bonchev–Trinajstić information content (AvgIpc) is 2.30. The highest BCUT2D eigenvalue weighted by molar-refractivity contribution is 6.32. The molecular weight excluding hydrogens is 249 g/mol. The van der Waals surface area contributed by atoms with Crippen LogP contribution in [0.3, 0.4) is 0 Å². The Balaban J connectivity index is 2.70. The summed E-state index contributed by atoms with van der Waals surface area (Å²) in [5.74, 6) is 0.415. The van der Waals surface area contributed by atoms with E-state index >= 15 is 0 Å². The Kier molecular flexibility index (Phi) is 4.77. The second-order valence-corrected chi connectivity index (χ2v) is 4.43. The fourth-order valence-corrected chi connectivity index (χ4v) is 1.40. The molecule has 1 aromatic rings. The fourth-order valence-electron chi connectivity index (χ4n) is 1.11. The summed E-state index contributed by atoms with van der Waals surface area (Å²) in [6, 6.07) is 1.53. The van der Waals surface area contributed by atoms with Gasteiger partial charge in [-0.15, -0.1) is 10.2 Å². The van der Waals surface area contributed by atoms with Crippen LogP contribution in [-0.2, 0) is 0 Å². The SMILES string of the molecule is CCC(N)(CC)COc1cc(Cl)nnc1Cl. The smallest absolute Gasteiger partial charge is 0.193 e. The predicted molar refractivity (Wildman–Crippen MR) is 65.0 cm³/mol. The van der Waals surface area contributed by atoms with E-state index in [1.807, 2.05) is 13.8 Å². The van der Waals surface area contributed by atoms with Gasteiger partial charge in [-0.05, 0) is 12.8 Å². The molecule has 1 rings (SSSR count). The van der Waals surface area contributed by atoms with Gasteiger partial charge < -0.3 is 10.5 Å². The van der Waals surface area contributed by atoms with Gasteiger partial charge in [0.05, 0.1) is 0 Å². The lowest BCUT2D eigenvalue weighted by Gasteiger charge is -2.26. The molecule has 1 aromatic heterocycles. The minimum Gasteiger partial charge on any atom is -0.488 e. The molecular formula is C10H15Cl2N3O. The summed E-state index contributed by atoms with van der Waals surface area (Å²) in [5, 5.41) is 7.68. The molecule has 90 valence electrons. The van der Waals surface area contributed by atoms with Crippen molar-refractivity contribution in [3.8, 4) is 5.75 Å². The van der Waals surface area contributed by atoms with Gasteiger partial charge in [0.15, 0.2) is 16.1 Å². The van der Waals surface area contributed by atoms with Crippen LogP contribution in [0.4, 0.5) is 0 Å². The molecule has 16 heavy (non-hydrogen) atoms. The lowest BCUT2D eigenvalue weighted by molar-refractivity contribution is 0.206. The molecule has 0 amide bonds. The minimum atomic E-state index is -0.348. The molecule has 0 aromatic carbocycles. The second-order valence-electron chi connectivity index (χ2n) is 3.68. The Hall–Kier alpha value is -0.580. The van der Waals surface area contributed by atoms with Gasteiger partial charge in [0.1, 0.15) is 6.61 Å². The van der Waals surface area contributed by atoms with Crippen molar-refractivity contribution in [1.82, 2.24) is 10.2 Å². The topological polar surface area (TPSA) is 61.0 Å². The summed E-state index contributed by atoms with van der Waals surface area (Å²) in [5.41, 5.74) is 5.75. The summed E-state index contributed by atoms with van der Waals surface area (Å²) in [6.07, 6.45) is 1.65. The highest BCUT2D eigenvalue weighted by Gasteiger charge is 2.21. The lowest BCUT2D eigenvalue weighted by Crippen LogP contribution is -2.44. The molecule has 6 heteroatoms. The van der Waals surface area contributed by atoms with Gasteiger partial charge in [0, 0.05) is 11.6 Å². The van der Waals surface area contributed by atoms with E-state index in [1.165, 1.54) is 6.07 Å². The van der Waals surface area contributed by atoms with E-state index in [1.54, 1.807) is 0 Å². The first-order chi connectivity index (χ1) is 7.50. The lowest BCUT2D eigenvalue weighted by atomic mass is 9.96. The van der Waals surface area contributed by atoms with Crippen molar-refractivity contribution in [1.29, 1.82) is 0 Å². The van der Waals surface area contributed by atoms with Crippen LogP contribution in [0.25, 0.3) is 0 Å². The molecule has 0 aliphatic rings. The first-order valence-corrected chi connectivity index (χ1v) is 5.86. The Morgan fingerprint density at radius 3 is 2.50 bits per heavy atom. The Bertz CT molecular complexity index is 356. The van der Waals surface area contributed by atoms with Crippen LogP contribution < -0.4 is 10.5 Å². The zero-order chi connectivity index (χ0) is 12.2. The highest BCUT2D eigenvalue weighted by atomic mass is 35.5. The normalized spacial score (nSPS) is 11.6. The van der Waals surface area contributed by atoms with Gasteiger partial charge in [0.25, 0.3) is 0 Å². The monoisotopic (exact) mass is 263 g/mol. The van der Waals surface area contributed by atoms with Crippen LogP contribution in [0.15, 0.2) is 6.07 Å². The van der Waals surface area contributed by atoms with E-state index in [0.717, 1.165) is 12.8 Å². The number of ether oxygens (including phenoxy) is 1. The molecule has 0 fully saturated rings. The summed E-state index contributed by atoms with van der Waals surface area (Å²) in [6.45, 7) is 4.42. The average molecular weight is 264 g/mol. The molecule has 1 heterocycles. The van der Waals surface area contributed by atoms with Gasteiger partial charge >= 0.3 is 0 Å². The number of rotatable bonds is 5. The van der Waals surface area contributed by atoms with Gasteiger partial charge in [-0.3, -0.25) is 0 Å². The van der Waals surface area contributed by atoms with Crippen LogP contribution in [-0.4, -0.2) is 22.3 Å². The third kappa shape index (κ3) is 3.47. The molecule has 0 atom stereocenters. The van der Waals surface area contributed by atoms with Crippen molar-refractivity contribution in [3.63, 3.8) is 0 Å². The van der Waals surface area contributed by atoms with E-state index in [0.29, 0.717) is 12.4 Å². The molecule has 0 saturated heterocycles. The van der Waals surface area contributed by atoms with Crippen molar-refractivity contribution in [2.45, 2.75) is 32.2 Å². The van der Waals surface area contributed by atoms with Gasteiger partial charge in [0.2, 0.25) is 0 Å². The highest BCUT2D eigenvalue weighted by Crippen LogP contribution is 2.25. The second kappa shape index (κ2) is 5.66. The van der Waals surface area contributed by atoms with Crippen LogP contribution >= 0.6 is 23.2 Å². The maximum atomic E-state index is 6.10. The number of nitrogens with two attached hydrogens (primary N) is 1. The Labute approximate surface area is 105 Å². The molecule has 0 saturated carbocycles. The molecule has 2 N–H and O–H groups in total. The minimum absolute atomic E-state index is 0.193. The molecule has 0 spiro atoms. The number of nitrogens with zero attached hydrogens (tertiary/aromatic N) is 2. The van der Waals surface area contributed by atoms with E-state index in [9.17, 15) is 0 Å². The number of aromatic nitrogens is 2. The summed E-state index contributed by atoms with van der Waals surface area (Å²) < 4.78 is 5.52. The van der Waals surface area contributed by atoms with Gasteiger partial charge in [-0.1, -0.05) is 37.0 Å². The van der Waals surface area contributed by atoms with E-state index < -0.39 is 0 Å². The van der Waals surface area contributed by atoms with E-state index in [4.69, 9.17) is 33.7 Å². The summed E-state index contributed by atoms with van der Waals surface area (Å²) in [7, 11) is 0. The molecule has 0 bridgehead atoms. The largest absolute Gasteiger partial charge is 0.488 e. The molecule has 0 aliphatic carbocycles. The Morgan fingerprint density at radius 1 is 1.31 bits per heavy atom.